The number of nitrogens with zero attached hydrogens (tertiary/aromatic N) is 3. The fourth-order valence-corrected chi connectivity index (χ4v) is 3.48. The molecule has 2 aromatic rings. The van der Waals surface area contributed by atoms with Crippen LogP contribution in [0.4, 0.5) is 17.5 Å². The number of aryl methyl sites for hydroxylation is 1. The highest BCUT2D eigenvalue weighted by atomic mass is 35.5. The molecular formula is C19H24ClN5O3. The van der Waals surface area contributed by atoms with E-state index >= 15 is 0 Å². The van der Waals surface area contributed by atoms with Gasteiger partial charge in [0, 0.05) is 35.6 Å². The van der Waals surface area contributed by atoms with Gasteiger partial charge in [-0.1, -0.05) is 11.6 Å². The van der Waals surface area contributed by atoms with Crippen LogP contribution in [-0.4, -0.2) is 47.3 Å². The molecule has 150 valence electrons. The Morgan fingerprint density at radius 1 is 1.43 bits per heavy atom. The molecule has 1 atom stereocenters. The van der Waals surface area contributed by atoms with Crippen LogP contribution in [0.5, 0.6) is 0 Å². The molecule has 4 N–H and O–H groups in total. The minimum Gasteiger partial charge on any atom is -0.396 e. The van der Waals surface area contributed by atoms with Crippen molar-refractivity contribution in [1.29, 1.82) is 0 Å². The van der Waals surface area contributed by atoms with E-state index in [1.807, 2.05) is 19.1 Å². The molecule has 1 fully saturated rings. The summed E-state index contributed by atoms with van der Waals surface area (Å²) < 4.78 is 5.79. The SMILES string of the molecule is Cc1cc(N2CCCOCC2c2cc(NC(=O)CCO)ccc2Cl)nc(N)n1. The predicted molar refractivity (Wildman–Crippen MR) is 108 cm³/mol. The van der Waals surface area contributed by atoms with E-state index in [9.17, 15) is 4.79 Å². The second-order valence-electron chi connectivity index (χ2n) is 6.62. The summed E-state index contributed by atoms with van der Waals surface area (Å²) in [7, 11) is 0. The van der Waals surface area contributed by atoms with E-state index in [2.05, 4.69) is 20.2 Å². The van der Waals surface area contributed by atoms with Crippen molar-refractivity contribution in [2.45, 2.75) is 25.8 Å². The zero-order valence-electron chi connectivity index (χ0n) is 15.7. The number of anilines is 3. The number of aliphatic hydroxyl groups excluding tert-OH is 1. The molecule has 0 spiro atoms. The smallest absolute Gasteiger partial charge is 0.226 e. The maximum absolute atomic E-state index is 11.8. The lowest BCUT2D eigenvalue weighted by molar-refractivity contribution is -0.116. The largest absolute Gasteiger partial charge is 0.396 e. The maximum Gasteiger partial charge on any atom is 0.226 e. The van der Waals surface area contributed by atoms with Gasteiger partial charge in [-0.3, -0.25) is 4.79 Å². The summed E-state index contributed by atoms with van der Waals surface area (Å²) in [5, 5.41) is 12.3. The van der Waals surface area contributed by atoms with Crippen LogP contribution in [0, 0.1) is 6.92 Å². The molecule has 1 aromatic carbocycles. The van der Waals surface area contributed by atoms with Crippen LogP contribution in [0.2, 0.25) is 5.02 Å². The Labute approximate surface area is 168 Å². The van der Waals surface area contributed by atoms with Crippen LogP contribution in [0.25, 0.3) is 0 Å². The number of hydrogen-bond acceptors (Lipinski definition) is 7. The first-order valence-electron chi connectivity index (χ1n) is 9.13. The van der Waals surface area contributed by atoms with Gasteiger partial charge in [0.2, 0.25) is 11.9 Å². The second kappa shape index (κ2) is 9.18. The van der Waals surface area contributed by atoms with Crippen LogP contribution < -0.4 is 16.0 Å². The lowest BCUT2D eigenvalue weighted by Gasteiger charge is -2.31. The Bertz CT molecular complexity index is 828. The Morgan fingerprint density at radius 3 is 3.00 bits per heavy atom. The second-order valence-corrected chi connectivity index (χ2v) is 7.03. The number of carbonyl (C=O) groups is 1. The van der Waals surface area contributed by atoms with Crippen molar-refractivity contribution in [2.75, 3.05) is 42.3 Å². The summed E-state index contributed by atoms with van der Waals surface area (Å²) in [4.78, 5) is 22.5. The number of benzene rings is 1. The molecule has 1 aliphatic rings. The summed E-state index contributed by atoms with van der Waals surface area (Å²) >= 11 is 6.50. The molecule has 1 unspecified atom stereocenters. The van der Waals surface area contributed by atoms with Gasteiger partial charge >= 0.3 is 0 Å². The van der Waals surface area contributed by atoms with Crippen LogP contribution in [0.3, 0.4) is 0 Å². The number of aliphatic hydroxyl groups is 1. The van der Waals surface area contributed by atoms with Gasteiger partial charge in [0.05, 0.1) is 25.7 Å². The van der Waals surface area contributed by atoms with Gasteiger partial charge in [-0.2, -0.15) is 4.98 Å². The predicted octanol–water partition coefficient (Wildman–Crippen LogP) is 2.31. The lowest BCUT2D eigenvalue weighted by atomic mass is 10.0. The molecule has 1 amide bonds. The number of rotatable bonds is 5. The van der Waals surface area contributed by atoms with Crippen molar-refractivity contribution in [3.63, 3.8) is 0 Å². The zero-order chi connectivity index (χ0) is 20.1. The molecule has 9 heteroatoms. The minimum atomic E-state index is -0.260. The summed E-state index contributed by atoms with van der Waals surface area (Å²) in [6, 6.07) is 7.00. The number of carbonyl (C=O) groups excluding carboxylic acids is 1. The van der Waals surface area contributed by atoms with E-state index < -0.39 is 0 Å². The van der Waals surface area contributed by atoms with E-state index in [4.69, 9.17) is 27.2 Å². The van der Waals surface area contributed by atoms with E-state index in [1.54, 1.807) is 12.1 Å². The van der Waals surface area contributed by atoms with E-state index in [0.29, 0.717) is 29.7 Å². The first-order chi connectivity index (χ1) is 13.5. The van der Waals surface area contributed by atoms with Crippen molar-refractivity contribution in [2.24, 2.45) is 0 Å². The van der Waals surface area contributed by atoms with E-state index in [-0.39, 0.29) is 30.9 Å². The van der Waals surface area contributed by atoms with Crippen molar-refractivity contribution >= 4 is 35.0 Å². The third-order valence-electron chi connectivity index (χ3n) is 4.47. The average Bonchev–Trinajstić information content (AvgIpc) is 2.88. The minimum absolute atomic E-state index is 0.0378. The molecule has 1 aliphatic heterocycles. The normalized spacial score (nSPS) is 17.2. The van der Waals surface area contributed by atoms with Gasteiger partial charge in [-0.25, -0.2) is 4.98 Å². The summed E-state index contributed by atoms with van der Waals surface area (Å²) in [6.45, 7) is 3.45. The first kappa shape index (κ1) is 20.3. The molecule has 0 saturated carbocycles. The number of aromatic nitrogens is 2. The first-order valence-corrected chi connectivity index (χ1v) is 9.51. The topological polar surface area (TPSA) is 114 Å². The summed E-state index contributed by atoms with van der Waals surface area (Å²) in [5.74, 6) is 0.672. The number of ether oxygens (including phenoxy) is 1. The lowest BCUT2D eigenvalue weighted by Crippen LogP contribution is -2.32. The van der Waals surface area contributed by atoms with Gasteiger partial charge in [0.1, 0.15) is 5.82 Å². The highest BCUT2D eigenvalue weighted by molar-refractivity contribution is 6.31. The molecule has 28 heavy (non-hydrogen) atoms. The fourth-order valence-electron chi connectivity index (χ4n) is 3.23. The van der Waals surface area contributed by atoms with Crippen LogP contribution in [0.15, 0.2) is 24.3 Å². The molecule has 1 aromatic heterocycles. The Kier molecular flexibility index (Phi) is 6.66. The number of nitrogen functional groups attached to an aromatic ring is 1. The Balaban J connectivity index is 1.96. The zero-order valence-corrected chi connectivity index (χ0v) is 16.4. The van der Waals surface area contributed by atoms with Gasteiger partial charge in [0.25, 0.3) is 0 Å². The third-order valence-corrected chi connectivity index (χ3v) is 4.81. The Hall–Kier alpha value is -2.42. The van der Waals surface area contributed by atoms with Crippen LogP contribution >= 0.6 is 11.6 Å². The van der Waals surface area contributed by atoms with Crippen molar-refractivity contribution < 1.29 is 14.6 Å². The maximum atomic E-state index is 11.8. The van der Waals surface area contributed by atoms with E-state index in [0.717, 1.165) is 24.2 Å². The standard InChI is InChI=1S/C19H24ClN5O3/c1-12-9-17(24-19(21)22-12)25-6-2-8-28-11-16(25)14-10-13(3-4-15(14)20)23-18(27)5-7-26/h3-4,9-10,16,26H,2,5-8,11H2,1H3,(H,23,27)(H2,21,22,24). The summed E-state index contributed by atoms with van der Waals surface area (Å²) in [5.41, 5.74) is 8.06. The number of nitrogens with two attached hydrogens (primary N) is 1. The molecular weight excluding hydrogens is 382 g/mol. The van der Waals surface area contributed by atoms with Crippen LogP contribution in [-0.2, 0) is 9.53 Å². The van der Waals surface area contributed by atoms with Gasteiger partial charge in [0.15, 0.2) is 0 Å². The third kappa shape index (κ3) is 4.89. The quantitative estimate of drug-likeness (QED) is 0.699. The van der Waals surface area contributed by atoms with Crippen molar-refractivity contribution in [1.82, 2.24) is 9.97 Å². The van der Waals surface area contributed by atoms with Crippen molar-refractivity contribution in [3.05, 3.63) is 40.5 Å². The molecule has 0 radical (unpaired) electrons. The molecule has 3 rings (SSSR count). The highest BCUT2D eigenvalue weighted by Gasteiger charge is 2.27. The fraction of sp³-hybridized carbons (Fsp3) is 0.421. The number of nitrogens with one attached hydrogen (secondary N) is 1. The highest BCUT2D eigenvalue weighted by Crippen LogP contribution is 2.34. The summed E-state index contributed by atoms with van der Waals surface area (Å²) in [6.07, 6.45) is 0.875. The van der Waals surface area contributed by atoms with Gasteiger partial charge in [-0.15, -0.1) is 0 Å². The van der Waals surface area contributed by atoms with Crippen molar-refractivity contribution in [3.8, 4) is 0 Å². The number of hydrogen-bond donors (Lipinski definition) is 3. The van der Waals surface area contributed by atoms with Gasteiger partial charge in [-0.05, 0) is 37.1 Å². The van der Waals surface area contributed by atoms with Gasteiger partial charge < -0.3 is 25.8 Å². The molecule has 8 nitrogen and oxygen atoms in total. The Morgan fingerprint density at radius 2 is 2.25 bits per heavy atom. The monoisotopic (exact) mass is 405 g/mol. The van der Waals surface area contributed by atoms with E-state index in [1.165, 1.54) is 0 Å². The molecule has 2 heterocycles. The number of halogens is 1. The molecule has 1 saturated heterocycles. The van der Waals surface area contributed by atoms with Crippen LogP contribution in [0.1, 0.15) is 30.1 Å². The molecule has 0 bridgehead atoms. The average molecular weight is 406 g/mol. The number of amides is 1. The molecule has 0 aliphatic carbocycles.